The van der Waals surface area contributed by atoms with Crippen LogP contribution in [0.3, 0.4) is 0 Å². The van der Waals surface area contributed by atoms with Gasteiger partial charge in [0.15, 0.2) is 0 Å². The average molecular weight is 229 g/mol. The van der Waals surface area contributed by atoms with Gasteiger partial charge in [-0.3, -0.25) is 4.79 Å². The van der Waals surface area contributed by atoms with Gasteiger partial charge in [-0.1, -0.05) is 20.8 Å². The number of nitrogens with one attached hydrogen (secondary N) is 1. The van der Waals surface area contributed by atoms with Crippen LogP contribution in [0.2, 0.25) is 0 Å². The van der Waals surface area contributed by atoms with Gasteiger partial charge in [0, 0.05) is 23.5 Å². The molecule has 0 bridgehead atoms. The minimum Gasteiger partial charge on any atom is -0.481 e. The van der Waals surface area contributed by atoms with E-state index in [1.54, 1.807) is 0 Å². The Morgan fingerprint density at radius 3 is 2.67 bits per heavy atom. The highest BCUT2D eigenvalue weighted by Gasteiger charge is 2.19. The molecule has 0 aromatic carbocycles. The minimum atomic E-state index is -0.817. The smallest absolute Gasteiger partial charge is 0.305 e. The summed E-state index contributed by atoms with van der Waals surface area (Å²) in [5, 5.41) is 12.1. The summed E-state index contributed by atoms with van der Waals surface area (Å²) in [4.78, 5) is 14.6. The Morgan fingerprint density at radius 2 is 2.20 bits per heavy atom. The second-order valence-corrected chi connectivity index (χ2v) is 5.00. The van der Waals surface area contributed by atoms with E-state index in [2.05, 4.69) is 14.7 Å². The number of carboxylic acids is 1. The van der Waals surface area contributed by atoms with Crippen molar-refractivity contribution < 1.29 is 9.90 Å². The molecule has 84 valence electrons. The number of aromatic nitrogens is 2. The van der Waals surface area contributed by atoms with Crippen LogP contribution in [0, 0.1) is 0 Å². The normalized spacial score (nSPS) is 11.4. The molecule has 0 aliphatic rings. The lowest BCUT2D eigenvalue weighted by molar-refractivity contribution is -0.136. The van der Waals surface area contributed by atoms with Gasteiger partial charge >= 0.3 is 5.97 Å². The number of carboxylic acid groups (broad SMARTS) is 1. The Bertz CT molecular complexity index is 343. The van der Waals surface area contributed by atoms with Gasteiger partial charge in [0.2, 0.25) is 5.13 Å². The Labute approximate surface area is 92.7 Å². The fourth-order valence-electron chi connectivity index (χ4n) is 0.876. The molecule has 1 heterocycles. The van der Waals surface area contributed by atoms with Crippen LogP contribution < -0.4 is 5.32 Å². The number of hydrogen-bond acceptors (Lipinski definition) is 5. The van der Waals surface area contributed by atoms with Gasteiger partial charge in [0.25, 0.3) is 0 Å². The molecule has 0 spiro atoms. The second-order valence-electron chi connectivity index (χ2n) is 4.24. The van der Waals surface area contributed by atoms with E-state index in [1.807, 2.05) is 20.8 Å². The Kier molecular flexibility index (Phi) is 3.62. The third-order valence-corrected chi connectivity index (χ3v) is 2.38. The highest BCUT2D eigenvalue weighted by Crippen LogP contribution is 2.22. The molecule has 1 rings (SSSR count). The molecule has 0 saturated heterocycles. The molecule has 0 unspecified atom stereocenters. The zero-order chi connectivity index (χ0) is 11.5. The molecule has 0 aliphatic heterocycles. The molecule has 0 radical (unpaired) electrons. The number of carbonyl (C=O) groups is 1. The SMILES string of the molecule is CC(C)(C)c1nsc(NCCC(=O)O)n1. The first-order chi connectivity index (χ1) is 6.89. The summed E-state index contributed by atoms with van der Waals surface area (Å²) < 4.78 is 4.21. The Morgan fingerprint density at radius 1 is 1.53 bits per heavy atom. The van der Waals surface area contributed by atoms with Crippen LogP contribution in [-0.4, -0.2) is 27.0 Å². The van der Waals surface area contributed by atoms with E-state index < -0.39 is 5.97 Å². The molecular weight excluding hydrogens is 214 g/mol. The van der Waals surface area contributed by atoms with Gasteiger partial charge in [-0.25, -0.2) is 4.98 Å². The van der Waals surface area contributed by atoms with E-state index >= 15 is 0 Å². The van der Waals surface area contributed by atoms with Crippen LogP contribution in [0.5, 0.6) is 0 Å². The monoisotopic (exact) mass is 229 g/mol. The van der Waals surface area contributed by atoms with E-state index in [1.165, 1.54) is 11.5 Å². The van der Waals surface area contributed by atoms with Gasteiger partial charge in [-0.2, -0.15) is 4.37 Å². The van der Waals surface area contributed by atoms with Crippen molar-refractivity contribution in [3.8, 4) is 0 Å². The fraction of sp³-hybridized carbons (Fsp3) is 0.667. The van der Waals surface area contributed by atoms with Crippen molar-refractivity contribution in [1.82, 2.24) is 9.36 Å². The maximum absolute atomic E-state index is 10.3. The molecule has 0 amide bonds. The third-order valence-electron chi connectivity index (χ3n) is 1.71. The zero-order valence-electron chi connectivity index (χ0n) is 9.07. The van der Waals surface area contributed by atoms with E-state index in [0.29, 0.717) is 11.7 Å². The number of rotatable bonds is 4. The van der Waals surface area contributed by atoms with E-state index in [9.17, 15) is 4.79 Å². The van der Waals surface area contributed by atoms with Crippen LogP contribution in [-0.2, 0) is 10.2 Å². The first-order valence-electron chi connectivity index (χ1n) is 4.69. The Hall–Kier alpha value is -1.17. The van der Waals surface area contributed by atoms with Crippen LogP contribution in [0.25, 0.3) is 0 Å². The van der Waals surface area contributed by atoms with Gasteiger partial charge in [0.1, 0.15) is 5.82 Å². The van der Waals surface area contributed by atoms with Crippen molar-refractivity contribution in [2.45, 2.75) is 32.6 Å². The molecule has 1 aromatic heterocycles. The van der Waals surface area contributed by atoms with Gasteiger partial charge in [-0.15, -0.1) is 0 Å². The first-order valence-corrected chi connectivity index (χ1v) is 5.47. The average Bonchev–Trinajstić information content (AvgIpc) is 2.51. The summed E-state index contributed by atoms with van der Waals surface area (Å²) in [6.07, 6.45) is 0.0877. The molecule has 1 aromatic rings. The molecule has 0 saturated carbocycles. The molecule has 2 N–H and O–H groups in total. The topological polar surface area (TPSA) is 75.1 Å². The van der Waals surface area contributed by atoms with Crippen LogP contribution in [0.1, 0.15) is 33.0 Å². The Balaban J connectivity index is 2.50. The molecule has 5 nitrogen and oxygen atoms in total. The summed E-state index contributed by atoms with van der Waals surface area (Å²) >= 11 is 1.26. The van der Waals surface area contributed by atoms with Crippen molar-refractivity contribution >= 4 is 22.6 Å². The van der Waals surface area contributed by atoms with Gasteiger partial charge < -0.3 is 10.4 Å². The lowest BCUT2D eigenvalue weighted by Crippen LogP contribution is -2.13. The second kappa shape index (κ2) is 4.57. The van der Waals surface area contributed by atoms with Crippen molar-refractivity contribution in [2.24, 2.45) is 0 Å². The summed E-state index contributed by atoms with van der Waals surface area (Å²) in [6.45, 7) is 6.50. The van der Waals surface area contributed by atoms with E-state index in [0.717, 1.165) is 5.82 Å². The zero-order valence-corrected chi connectivity index (χ0v) is 9.89. The van der Waals surface area contributed by atoms with E-state index in [4.69, 9.17) is 5.11 Å². The van der Waals surface area contributed by atoms with Crippen LogP contribution in [0.4, 0.5) is 5.13 Å². The van der Waals surface area contributed by atoms with Crippen molar-refractivity contribution in [2.75, 3.05) is 11.9 Å². The van der Waals surface area contributed by atoms with Gasteiger partial charge in [0.05, 0.1) is 6.42 Å². The molecular formula is C9H15N3O2S. The summed E-state index contributed by atoms with van der Waals surface area (Å²) in [5.41, 5.74) is -0.0662. The van der Waals surface area contributed by atoms with Crippen molar-refractivity contribution in [3.63, 3.8) is 0 Å². The van der Waals surface area contributed by atoms with Crippen LogP contribution >= 0.6 is 11.5 Å². The molecule has 15 heavy (non-hydrogen) atoms. The molecule has 0 aliphatic carbocycles. The van der Waals surface area contributed by atoms with E-state index in [-0.39, 0.29) is 11.8 Å². The number of nitrogens with zero attached hydrogens (tertiary/aromatic N) is 2. The number of hydrogen-bond donors (Lipinski definition) is 2. The highest BCUT2D eigenvalue weighted by atomic mass is 32.1. The van der Waals surface area contributed by atoms with Crippen molar-refractivity contribution in [1.29, 1.82) is 0 Å². The fourth-order valence-corrected chi connectivity index (χ4v) is 1.66. The third kappa shape index (κ3) is 3.83. The van der Waals surface area contributed by atoms with Gasteiger partial charge in [-0.05, 0) is 0 Å². The molecule has 6 heteroatoms. The molecule has 0 atom stereocenters. The predicted octanol–water partition coefficient (Wildman–Crippen LogP) is 1.72. The maximum atomic E-state index is 10.3. The maximum Gasteiger partial charge on any atom is 0.305 e. The summed E-state index contributed by atoms with van der Waals surface area (Å²) in [5.74, 6) is -0.0339. The molecule has 0 fully saturated rings. The predicted molar refractivity (Wildman–Crippen MR) is 59.4 cm³/mol. The minimum absolute atomic E-state index is 0.0662. The number of aliphatic carboxylic acids is 1. The van der Waals surface area contributed by atoms with Crippen molar-refractivity contribution in [3.05, 3.63) is 5.82 Å². The first kappa shape index (κ1) is 11.9. The summed E-state index contributed by atoms with van der Waals surface area (Å²) in [6, 6.07) is 0. The highest BCUT2D eigenvalue weighted by molar-refractivity contribution is 7.09. The number of anilines is 1. The lowest BCUT2D eigenvalue weighted by Gasteiger charge is -2.12. The van der Waals surface area contributed by atoms with Crippen LogP contribution in [0.15, 0.2) is 0 Å². The largest absolute Gasteiger partial charge is 0.481 e. The standard InChI is InChI=1S/C9H15N3O2S/c1-9(2,3)7-11-8(15-12-7)10-5-4-6(13)14/h4-5H2,1-3H3,(H,13,14)(H,10,11,12). The lowest BCUT2D eigenvalue weighted by atomic mass is 9.96. The summed E-state index contributed by atoms with van der Waals surface area (Å²) in [7, 11) is 0. The quantitative estimate of drug-likeness (QED) is 0.822.